The molecule has 0 spiro atoms. The standard InChI is InChI=1S/C7H5N5/c1-2-8-7-4(1)6-5(3-9-7)10-12-11-6/h1-3H,(H,8,9)(H,10,11,12). The van der Waals surface area contributed by atoms with E-state index in [4.69, 9.17) is 0 Å². The van der Waals surface area contributed by atoms with Crippen molar-refractivity contribution in [3.63, 3.8) is 0 Å². The fourth-order valence-corrected chi connectivity index (χ4v) is 1.32. The summed E-state index contributed by atoms with van der Waals surface area (Å²) in [5.74, 6) is 0. The van der Waals surface area contributed by atoms with Crippen molar-refractivity contribution in [2.24, 2.45) is 0 Å². The normalized spacial score (nSPS) is 11.3. The maximum Gasteiger partial charge on any atom is 0.139 e. The Morgan fingerprint density at radius 3 is 3.33 bits per heavy atom. The summed E-state index contributed by atoms with van der Waals surface area (Å²) in [7, 11) is 0. The number of aromatic amines is 2. The molecule has 0 aliphatic heterocycles. The molecule has 0 bridgehead atoms. The van der Waals surface area contributed by atoms with Gasteiger partial charge in [0.1, 0.15) is 11.2 Å². The van der Waals surface area contributed by atoms with Gasteiger partial charge in [0.25, 0.3) is 0 Å². The lowest BCUT2D eigenvalue weighted by molar-refractivity contribution is 0.960. The molecule has 3 heterocycles. The maximum atomic E-state index is 4.16. The SMILES string of the molecule is c1cc2c(ncc3nn[nH]c32)[nH]1. The summed E-state index contributed by atoms with van der Waals surface area (Å²) in [6.07, 6.45) is 3.54. The van der Waals surface area contributed by atoms with E-state index in [0.717, 1.165) is 22.1 Å². The van der Waals surface area contributed by atoms with E-state index < -0.39 is 0 Å². The van der Waals surface area contributed by atoms with Crippen molar-refractivity contribution in [3.8, 4) is 0 Å². The Bertz CT molecular complexity index is 485. The molecule has 0 amide bonds. The Hall–Kier alpha value is -1.91. The monoisotopic (exact) mass is 159 g/mol. The van der Waals surface area contributed by atoms with E-state index in [9.17, 15) is 0 Å². The van der Waals surface area contributed by atoms with Crippen LogP contribution in [0.5, 0.6) is 0 Å². The molecule has 0 unspecified atom stereocenters. The molecule has 0 aliphatic rings. The highest BCUT2D eigenvalue weighted by atomic mass is 15.3. The summed E-state index contributed by atoms with van der Waals surface area (Å²) in [4.78, 5) is 7.18. The molecule has 3 aromatic rings. The van der Waals surface area contributed by atoms with Gasteiger partial charge in [-0.3, -0.25) is 5.10 Å². The predicted molar refractivity (Wildman–Crippen MR) is 43.5 cm³/mol. The van der Waals surface area contributed by atoms with Gasteiger partial charge in [0, 0.05) is 11.6 Å². The number of nitrogens with zero attached hydrogens (tertiary/aromatic N) is 3. The van der Waals surface area contributed by atoms with Crippen molar-refractivity contribution in [2.45, 2.75) is 0 Å². The smallest absolute Gasteiger partial charge is 0.139 e. The van der Waals surface area contributed by atoms with E-state index in [1.54, 1.807) is 6.20 Å². The van der Waals surface area contributed by atoms with Crippen LogP contribution in [0.4, 0.5) is 0 Å². The third-order valence-electron chi connectivity index (χ3n) is 1.89. The first kappa shape index (κ1) is 5.70. The molecule has 12 heavy (non-hydrogen) atoms. The molecule has 0 saturated carbocycles. The number of hydrogen-bond acceptors (Lipinski definition) is 3. The first-order valence-corrected chi connectivity index (χ1v) is 3.58. The lowest BCUT2D eigenvalue weighted by Gasteiger charge is -1.87. The summed E-state index contributed by atoms with van der Waals surface area (Å²) in [5.41, 5.74) is 2.58. The van der Waals surface area contributed by atoms with Gasteiger partial charge in [-0.25, -0.2) is 4.98 Å². The van der Waals surface area contributed by atoms with Crippen molar-refractivity contribution >= 4 is 22.1 Å². The second-order valence-corrected chi connectivity index (χ2v) is 2.57. The van der Waals surface area contributed by atoms with E-state index in [1.807, 2.05) is 12.3 Å². The molecule has 0 fully saturated rings. The largest absolute Gasteiger partial charge is 0.346 e. The van der Waals surface area contributed by atoms with Crippen LogP contribution in [0, 0.1) is 0 Å². The summed E-state index contributed by atoms with van der Waals surface area (Å²) in [6.45, 7) is 0. The quantitative estimate of drug-likeness (QED) is 0.510. The molecular formula is C7H5N5. The van der Waals surface area contributed by atoms with E-state index >= 15 is 0 Å². The van der Waals surface area contributed by atoms with Gasteiger partial charge < -0.3 is 4.98 Å². The van der Waals surface area contributed by atoms with Gasteiger partial charge in [0.05, 0.1) is 11.7 Å². The molecule has 0 aliphatic carbocycles. The highest BCUT2D eigenvalue weighted by Crippen LogP contribution is 2.17. The minimum absolute atomic E-state index is 0.794. The van der Waals surface area contributed by atoms with Crippen LogP contribution in [0.3, 0.4) is 0 Å². The van der Waals surface area contributed by atoms with Crippen molar-refractivity contribution in [3.05, 3.63) is 18.5 Å². The van der Waals surface area contributed by atoms with Gasteiger partial charge in [-0.2, -0.15) is 0 Å². The molecule has 3 aromatic heterocycles. The Morgan fingerprint density at radius 2 is 2.33 bits per heavy atom. The zero-order valence-corrected chi connectivity index (χ0v) is 6.07. The third-order valence-corrected chi connectivity index (χ3v) is 1.89. The second kappa shape index (κ2) is 1.82. The first-order valence-electron chi connectivity index (χ1n) is 3.58. The van der Waals surface area contributed by atoms with Crippen molar-refractivity contribution in [1.29, 1.82) is 0 Å². The number of pyridine rings is 1. The molecule has 5 heteroatoms. The van der Waals surface area contributed by atoms with Crippen LogP contribution in [-0.2, 0) is 0 Å². The molecule has 5 nitrogen and oxygen atoms in total. The highest BCUT2D eigenvalue weighted by Gasteiger charge is 2.03. The first-order chi connectivity index (χ1) is 5.95. The van der Waals surface area contributed by atoms with Crippen molar-refractivity contribution in [1.82, 2.24) is 25.4 Å². The molecule has 0 aromatic carbocycles. The van der Waals surface area contributed by atoms with E-state index in [0.29, 0.717) is 0 Å². The Kier molecular flexibility index (Phi) is 0.864. The third kappa shape index (κ3) is 0.554. The Labute approximate surface area is 66.8 Å². The van der Waals surface area contributed by atoms with Crippen LogP contribution >= 0.6 is 0 Å². The number of fused-ring (bicyclic) bond motifs is 3. The maximum absolute atomic E-state index is 4.16. The lowest BCUT2D eigenvalue weighted by atomic mass is 10.3. The predicted octanol–water partition coefficient (Wildman–Crippen LogP) is 0.834. The fourth-order valence-electron chi connectivity index (χ4n) is 1.32. The summed E-state index contributed by atoms with van der Waals surface area (Å²) in [6, 6.07) is 1.95. The Morgan fingerprint density at radius 1 is 1.33 bits per heavy atom. The van der Waals surface area contributed by atoms with Crippen LogP contribution in [0.25, 0.3) is 22.1 Å². The average Bonchev–Trinajstić information content (AvgIpc) is 2.71. The van der Waals surface area contributed by atoms with Crippen LogP contribution in [0.15, 0.2) is 18.5 Å². The number of nitrogens with one attached hydrogen (secondary N) is 2. The minimum Gasteiger partial charge on any atom is -0.346 e. The van der Waals surface area contributed by atoms with Gasteiger partial charge in [-0.05, 0) is 6.07 Å². The lowest BCUT2D eigenvalue weighted by Crippen LogP contribution is -1.77. The zero-order chi connectivity index (χ0) is 7.97. The van der Waals surface area contributed by atoms with Gasteiger partial charge in [0.2, 0.25) is 0 Å². The van der Waals surface area contributed by atoms with Gasteiger partial charge in [-0.1, -0.05) is 5.21 Å². The Balaban J connectivity index is 2.71. The van der Waals surface area contributed by atoms with E-state index in [2.05, 4.69) is 25.4 Å². The van der Waals surface area contributed by atoms with Crippen LogP contribution in [0.2, 0.25) is 0 Å². The summed E-state index contributed by atoms with van der Waals surface area (Å²) >= 11 is 0. The van der Waals surface area contributed by atoms with Crippen molar-refractivity contribution < 1.29 is 0 Å². The molecule has 0 saturated heterocycles. The topological polar surface area (TPSA) is 70.2 Å². The molecule has 0 radical (unpaired) electrons. The van der Waals surface area contributed by atoms with Gasteiger partial charge in [0.15, 0.2) is 0 Å². The van der Waals surface area contributed by atoms with Crippen LogP contribution in [-0.4, -0.2) is 25.4 Å². The summed E-state index contributed by atoms with van der Waals surface area (Å²) in [5, 5.41) is 11.4. The number of H-pyrrole nitrogens is 2. The van der Waals surface area contributed by atoms with Crippen molar-refractivity contribution in [2.75, 3.05) is 0 Å². The number of rotatable bonds is 0. The molecular weight excluding hydrogens is 154 g/mol. The number of hydrogen-bond donors (Lipinski definition) is 2. The molecule has 2 N–H and O–H groups in total. The van der Waals surface area contributed by atoms with E-state index in [-0.39, 0.29) is 0 Å². The van der Waals surface area contributed by atoms with E-state index in [1.165, 1.54) is 0 Å². The van der Waals surface area contributed by atoms with Gasteiger partial charge >= 0.3 is 0 Å². The number of aromatic nitrogens is 5. The average molecular weight is 159 g/mol. The van der Waals surface area contributed by atoms with Gasteiger partial charge in [-0.15, -0.1) is 5.10 Å². The second-order valence-electron chi connectivity index (χ2n) is 2.57. The summed E-state index contributed by atoms with van der Waals surface area (Å²) < 4.78 is 0. The van der Waals surface area contributed by atoms with Crippen LogP contribution in [0.1, 0.15) is 0 Å². The van der Waals surface area contributed by atoms with Crippen LogP contribution < -0.4 is 0 Å². The zero-order valence-electron chi connectivity index (χ0n) is 6.07. The fraction of sp³-hybridized carbons (Fsp3) is 0. The molecule has 0 atom stereocenters. The minimum atomic E-state index is 0.794. The molecule has 3 rings (SSSR count). The molecule has 58 valence electrons. The highest BCUT2D eigenvalue weighted by molar-refractivity contribution is 5.99.